The summed E-state index contributed by atoms with van der Waals surface area (Å²) in [5.74, 6) is -0.499. The molecule has 1 fully saturated rings. The lowest BCUT2D eigenvalue weighted by molar-refractivity contribution is -0.127. The minimum absolute atomic E-state index is 0.0368. The van der Waals surface area contributed by atoms with E-state index in [9.17, 15) is 14.0 Å². The fourth-order valence-electron chi connectivity index (χ4n) is 2.77. The Labute approximate surface area is 142 Å². The number of rotatable bonds is 6. The molecular formula is C17H25FN4O2. The van der Waals surface area contributed by atoms with Gasteiger partial charge in [-0.2, -0.15) is 0 Å². The average Bonchev–Trinajstić information content (AvgIpc) is 2.55. The SMILES string of the molecule is CCNC(=O)[C@@H](C)N1CCN(CC(=O)Nc2cccc(F)c2)CC1. The predicted octanol–water partition coefficient (Wildman–Crippen LogP) is 0.906. The molecule has 1 heterocycles. The summed E-state index contributed by atoms with van der Waals surface area (Å²) >= 11 is 0. The lowest BCUT2D eigenvalue weighted by Crippen LogP contribution is -2.54. The first-order valence-corrected chi connectivity index (χ1v) is 8.29. The predicted molar refractivity (Wildman–Crippen MR) is 91.2 cm³/mol. The molecule has 0 saturated carbocycles. The molecule has 1 aromatic rings. The van der Waals surface area contributed by atoms with Gasteiger partial charge in [-0.15, -0.1) is 0 Å². The van der Waals surface area contributed by atoms with Crippen LogP contribution in [0.1, 0.15) is 13.8 Å². The van der Waals surface area contributed by atoms with Crippen LogP contribution in [0.15, 0.2) is 24.3 Å². The molecule has 6 nitrogen and oxygen atoms in total. The van der Waals surface area contributed by atoms with Gasteiger partial charge in [-0.3, -0.25) is 19.4 Å². The van der Waals surface area contributed by atoms with E-state index in [1.807, 2.05) is 18.7 Å². The number of amides is 2. The molecule has 1 aliphatic rings. The molecule has 2 rings (SSSR count). The molecule has 24 heavy (non-hydrogen) atoms. The lowest BCUT2D eigenvalue weighted by Gasteiger charge is -2.37. The third kappa shape index (κ3) is 5.28. The third-order valence-electron chi connectivity index (χ3n) is 4.16. The molecule has 1 atom stereocenters. The molecule has 0 bridgehead atoms. The molecule has 1 aliphatic heterocycles. The number of likely N-dealkylation sites (N-methyl/N-ethyl adjacent to an activating group) is 1. The molecule has 0 spiro atoms. The summed E-state index contributed by atoms with van der Waals surface area (Å²) in [6.07, 6.45) is 0. The van der Waals surface area contributed by atoms with Crippen LogP contribution >= 0.6 is 0 Å². The van der Waals surface area contributed by atoms with Gasteiger partial charge < -0.3 is 10.6 Å². The van der Waals surface area contributed by atoms with Gasteiger partial charge in [0.15, 0.2) is 0 Å². The van der Waals surface area contributed by atoms with Gasteiger partial charge in [-0.25, -0.2) is 4.39 Å². The van der Waals surface area contributed by atoms with Crippen LogP contribution in [0.4, 0.5) is 10.1 Å². The smallest absolute Gasteiger partial charge is 0.238 e. The Balaban J connectivity index is 1.76. The Hall–Kier alpha value is -1.99. The highest BCUT2D eigenvalue weighted by Crippen LogP contribution is 2.10. The maximum Gasteiger partial charge on any atom is 0.238 e. The van der Waals surface area contributed by atoms with Crippen molar-refractivity contribution in [2.24, 2.45) is 0 Å². The monoisotopic (exact) mass is 336 g/mol. The molecule has 7 heteroatoms. The number of carbonyl (C=O) groups excluding carboxylic acids is 2. The molecule has 0 radical (unpaired) electrons. The highest BCUT2D eigenvalue weighted by molar-refractivity contribution is 5.92. The summed E-state index contributed by atoms with van der Waals surface area (Å²) in [5.41, 5.74) is 0.462. The maximum absolute atomic E-state index is 13.1. The lowest BCUT2D eigenvalue weighted by atomic mass is 10.2. The van der Waals surface area contributed by atoms with Crippen LogP contribution in [0, 0.1) is 5.82 Å². The highest BCUT2D eigenvalue weighted by atomic mass is 19.1. The van der Waals surface area contributed by atoms with E-state index in [1.54, 1.807) is 12.1 Å². The number of piperazine rings is 1. The van der Waals surface area contributed by atoms with Gasteiger partial charge in [0.2, 0.25) is 11.8 Å². The molecule has 1 aromatic carbocycles. The van der Waals surface area contributed by atoms with Gasteiger partial charge in [-0.05, 0) is 32.0 Å². The van der Waals surface area contributed by atoms with E-state index >= 15 is 0 Å². The fraction of sp³-hybridized carbons (Fsp3) is 0.529. The first kappa shape index (κ1) is 18.4. The number of nitrogens with one attached hydrogen (secondary N) is 2. The van der Waals surface area contributed by atoms with Crippen molar-refractivity contribution in [1.82, 2.24) is 15.1 Å². The second-order valence-electron chi connectivity index (χ2n) is 5.94. The minimum atomic E-state index is -0.374. The van der Waals surface area contributed by atoms with Crippen molar-refractivity contribution in [3.8, 4) is 0 Å². The van der Waals surface area contributed by atoms with Gasteiger partial charge in [0.05, 0.1) is 12.6 Å². The largest absolute Gasteiger partial charge is 0.355 e. The molecular weight excluding hydrogens is 311 g/mol. The summed E-state index contributed by atoms with van der Waals surface area (Å²) in [4.78, 5) is 28.1. The zero-order chi connectivity index (χ0) is 17.5. The summed E-state index contributed by atoms with van der Waals surface area (Å²) < 4.78 is 13.1. The molecule has 0 aliphatic carbocycles. The van der Waals surface area contributed by atoms with Crippen molar-refractivity contribution in [1.29, 1.82) is 0 Å². The van der Waals surface area contributed by atoms with Crippen LogP contribution in [0.5, 0.6) is 0 Å². The van der Waals surface area contributed by atoms with Crippen LogP contribution in [0.3, 0.4) is 0 Å². The Kier molecular flexibility index (Phi) is 6.69. The van der Waals surface area contributed by atoms with Crippen molar-refractivity contribution >= 4 is 17.5 Å². The number of benzene rings is 1. The zero-order valence-electron chi connectivity index (χ0n) is 14.2. The van der Waals surface area contributed by atoms with E-state index in [4.69, 9.17) is 0 Å². The fourth-order valence-corrected chi connectivity index (χ4v) is 2.77. The number of hydrogen-bond donors (Lipinski definition) is 2. The second-order valence-corrected chi connectivity index (χ2v) is 5.94. The molecule has 1 saturated heterocycles. The Bertz CT molecular complexity index is 573. The van der Waals surface area contributed by atoms with Gasteiger partial charge in [0.25, 0.3) is 0 Å². The Morgan fingerprint density at radius 1 is 1.25 bits per heavy atom. The standard InChI is InChI=1S/C17H25FN4O2/c1-3-19-17(24)13(2)22-9-7-21(8-10-22)12-16(23)20-15-6-4-5-14(18)11-15/h4-6,11,13H,3,7-10,12H2,1-2H3,(H,19,24)(H,20,23)/t13-/m1/s1. The van der Waals surface area contributed by atoms with E-state index in [2.05, 4.69) is 15.5 Å². The number of anilines is 1. The normalized spacial score (nSPS) is 17.3. The molecule has 0 unspecified atom stereocenters. The summed E-state index contributed by atoms with van der Waals surface area (Å²) in [6, 6.07) is 5.70. The Morgan fingerprint density at radius 3 is 2.58 bits per heavy atom. The number of carbonyl (C=O) groups is 2. The average molecular weight is 336 g/mol. The molecule has 0 aromatic heterocycles. The van der Waals surface area contributed by atoms with Crippen molar-refractivity contribution in [2.45, 2.75) is 19.9 Å². The first-order valence-electron chi connectivity index (χ1n) is 8.29. The first-order chi connectivity index (χ1) is 11.5. The van der Waals surface area contributed by atoms with Crippen molar-refractivity contribution in [2.75, 3.05) is 44.6 Å². The zero-order valence-corrected chi connectivity index (χ0v) is 14.2. The second kappa shape index (κ2) is 8.75. The highest BCUT2D eigenvalue weighted by Gasteiger charge is 2.25. The van der Waals surface area contributed by atoms with E-state index in [0.717, 1.165) is 26.2 Å². The van der Waals surface area contributed by atoms with Crippen molar-refractivity contribution in [3.63, 3.8) is 0 Å². The van der Waals surface area contributed by atoms with E-state index in [-0.39, 0.29) is 30.2 Å². The van der Waals surface area contributed by atoms with Gasteiger partial charge in [-0.1, -0.05) is 6.07 Å². The molecule has 2 N–H and O–H groups in total. The maximum atomic E-state index is 13.1. The van der Waals surface area contributed by atoms with Crippen molar-refractivity contribution in [3.05, 3.63) is 30.1 Å². The quantitative estimate of drug-likeness (QED) is 0.810. The van der Waals surface area contributed by atoms with Crippen LogP contribution in [0.2, 0.25) is 0 Å². The Morgan fingerprint density at radius 2 is 1.96 bits per heavy atom. The minimum Gasteiger partial charge on any atom is -0.355 e. The van der Waals surface area contributed by atoms with E-state index in [1.165, 1.54) is 12.1 Å². The van der Waals surface area contributed by atoms with Gasteiger partial charge in [0, 0.05) is 38.4 Å². The summed E-state index contributed by atoms with van der Waals surface area (Å²) in [6.45, 7) is 7.62. The van der Waals surface area contributed by atoms with E-state index in [0.29, 0.717) is 12.2 Å². The van der Waals surface area contributed by atoms with Crippen molar-refractivity contribution < 1.29 is 14.0 Å². The number of hydrogen-bond acceptors (Lipinski definition) is 4. The number of nitrogens with zero attached hydrogens (tertiary/aromatic N) is 2. The van der Waals surface area contributed by atoms with E-state index < -0.39 is 0 Å². The molecule has 132 valence electrons. The van der Waals surface area contributed by atoms with Crippen LogP contribution in [-0.4, -0.2) is 66.9 Å². The topological polar surface area (TPSA) is 64.7 Å². The third-order valence-corrected chi connectivity index (χ3v) is 4.16. The van der Waals surface area contributed by atoms with Crippen LogP contribution in [0.25, 0.3) is 0 Å². The summed E-state index contributed by atoms with van der Waals surface area (Å²) in [5, 5.41) is 5.53. The van der Waals surface area contributed by atoms with Crippen LogP contribution in [-0.2, 0) is 9.59 Å². The van der Waals surface area contributed by atoms with Crippen LogP contribution < -0.4 is 10.6 Å². The van der Waals surface area contributed by atoms with Gasteiger partial charge >= 0.3 is 0 Å². The molecule has 2 amide bonds. The van der Waals surface area contributed by atoms with Gasteiger partial charge in [0.1, 0.15) is 5.82 Å². The summed E-state index contributed by atoms with van der Waals surface area (Å²) in [7, 11) is 0. The number of halogens is 1.